The fourth-order valence-electron chi connectivity index (χ4n) is 3.62. The maximum atomic E-state index is 12.7. The molecule has 2 aromatic rings. The van der Waals surface area contributed by atoms with E-state index in [1.54, 1.807) is 18.6 Å². The second-order valence-corrected chi connectivity index (χ2v) is 6.81. The zero-order chi connectivity index (χ0) is 17.8. The Labute approximate surface area is 153 Å². The average molecular weight is 352 g/mol. The number of anilines is 2. The van der Waals surface area contributed by atoms with Crippen LogP contribution in [0.1, 0.15) is 29.6 Å². The molecule has 0 spiro atoms. The second kappa shape index (κ2) is 7.68. The summed E-state index contributed by atoms with van der Waals surface area (Å²) in [6.45, 7) is 5.16. The first kappa shape index (κ1) is 16.8. The van der Waals surface area contributed by atoms with Crippen molar-refractivity contribution in [1.29, 1.82) is 0 Å². The van der Waals surface area contributed by atoms with Crippen LogP contribution in [0.5, 0.6) is 0 Å². The fraction of sp³-hybridized carbons (Fsp3) is 0.474. The third kappa shape index (κ3) is 3.61. The highest BCUT2D eigenvalue weighted by Gasteiger charge is 2.22. The number of carbonyl (C=O) groups excluding carboxylic acids is 1. The zero-order valence-electron chi connectivity index (χ0n) is 14.9. The first-order valence-electron chi connectivity index (χ1n) is 9.32. The average Bonchev–Trinajstić information content (AvgIpc) is 2.75. The van der Waals surface area contributed by atoms with Crippen LogP contribution < -0.4 is 9.80 Å². The van der Waals surface area contributed by atoms with Crippen LogP contribution in [0.2, 0.25) is 0 Å². The van der Waals surface area contributed by atoms with Gasteiger partial charge < -0.3 is 14.7 Å². The van der Waals surface area contributed by atoms with Gasteiger partial charge in [0.05, 0.1) is 17.4 Å². The Bertz CT molecular complexity index is 739. The van der Waals surface area contributed by atoms with Crippen LogP contribution in [0, 0.1) is 0 Å². The zero-order valence-corrected chi connectivity index (χ0v) is 14.9. The molecule has 2 aliphatic rings. The van der Waals surface area contributed by atoms with E-state index in [9.17, 15) is 4.79 Å². The Balaban J connectivity index is 1.42. The van der Waals surface area contributed by atoms with E-state index in [1.165, 1.54) is 6.42 Å². The Morgan fingerprint density at radius 1 is 0.846 bits per heavy atom. The number of hydrogen-bond acceptors (Lipinski definition) is 6. The molecule has 0 unspecified atom stereocenters. The van der Waals surface area contributed by atoms with E-state index in [2.05, 4.69) is 24.8 Å². The van der Waals surface area contributed by atoms with Gasteiger partial charge in [-0.2, -0.15) is 0 Å². The quantitative estimate of drug-likeness (QED) is 0.840. The van der Waals surface area contributed by atoms with Crippen molar-refractivity contribution in [3.8, 4) is 0 Å². The van der Waals surface area contributed by atoms with Crippen LogP contribution in [-0.2, 0) is 0 Å². The van der Waals surface area contributed by atoms with Gasteiger partial charge in [0.15, 0.2) is 0 Å². The minimum atomic E-state index is 0.107. The lowest BCUT2D eigenvalue weighted by atomic mass is 10.1. The van der Waals surface area contributed by atoms with Gasteiger partial charge in [0.1, 0.15) is 0 Å². The molecular weight excluding hydrogens is 328 g/mol. The molecule has 0 atom stereocenters. The molecule has 4 heterocycles. The lowest BCUT2D eigenvalue weighted by Crippen LogP contribution is -2.47. The first-order valence-corrected chi connectivity index (χ1v) is 9.32. The van der Waals surface area contributed by atoms with Gasteiger partial charge in [0, 0.05) is 57.9 Å². The molecule has 0 N–H and O–H groups in total. The summed E-state index contributed by atoms with van der Waals surface area (Å²) in [5, 5.41) is 0. The summed E-state index contributed by atoms with van der Waals surface area (Å²) >= 11 is 0. The number of carbonyl (C=O) groups is 1. The van der Waals surface area contributed by atoms with E-state index >= 15 is 0 Å². The minimum absolute atomic E-state index is 0.107. The van der Waals surface area contributed by atoms with Gasteiger partial charge in [-0.15, -0.1) is 0 Å². The van der Waals surface area contributed by atoms with E-state index in [0.717, 1.165) is 63.7 Å². The lowest BCUT2D eigenvalue weighted by Gasteiger charge is -2.36. The van der Waals surface area contributed by atoms with Gasteiger partial charge in [0.25, 0.3) is 5.91 Å². The molecule has 0 bridgehead atoms. The summed E-state index contributed by atoms with van der Waals surface area (Å²) in [7, 11) is 0. The maximum absolute atomic E-state index is 12.7. The SMILES string of the molecule is O=C(c1cncc(N2CCN(c3ncccn3)CC2)c1)N1CCCCC1. The third-order valence-corrected chi connectivity index (χ3v) is 5.09. The van der Waals surface area contributed by atoms with Crippen molar-refractivity contribution in [2.45, 2.75) is 19.3 Å². The summed E-state index contributed by atoms with van der Waals surface area (Å²) in [4.78, 5) is 32.1. The fourth-order valence-corrected chi connectivity index (χ4v) is 3.62. The van der Waals surface area contributed by atoms with Crippen LogP contribution in [0.3, 0.4) is 0 Å². The number of hydrogen-bond donors (Lipinski definition) is 0. The molecule has 2 aliphatic heterocycles. The van der Waals surface area contributed by atoms with Crippen LogP contribution in [-0.4, -0.2) is 65.0 Å². The molecule has 0 aliphatic carbocycles. The van der Waals surface area contributed by atoms with Gasteiger partial charge in [-0.05, 0) is 31.4 Å². The number of rotatable bonds is 3. The molecular formula is C19H24N6O. The number of piperazine rings is 1. The van der Waals surface area contributed by atoms with Gasteiger partial charge >= 0.3 is 0 Å². The molecule has 2 fully saturated rings. The van der Waals surface area contributed by atoms with Crippen molar-refractivity contribution in [3.05, 3.63) is 42.5 Å². The lowest BCUT2D eigenvalue weighted by molar-refractivity contribution is 0.0724. The highest BCUT2D eigenvalue weighted by molar-refractivity contribution is 5.94. The van der Waals surface area contributed by atoms with Crippen molar-refractivity contribution in [1.82, 2.24) is 19.9 Å². The largest absolute Gasteiger partial charge is 0.367 e. The van der Waals surface area contributed by atoms with Gasteiger partial charge in [0.2, 0.25) is 5.95 Å². The molecule has 1 amide bonds. The van der Waals surface area contributed by atoms with Crippen LogP contribution in [0.25, 0.3) is 0 Å². The monoisotopic (exact) mass is 352 g/mol. The normalized spacial score (nSPS) is 18.1. The summed E-state index contributed by atoms with van der Waals surface area (Å²) in [5.41, 5.74) is 1.71. The predicted molar refractivity (Wildman–Crippen MR) is 100 cm³/mol. The predicted octanol–water partition coefficient (Wildman–Crippen LogP) is 1.82. The molecule has 0 saturated carbocycles. The molecule has 7 heteroatoms. The third-order valence-electron chi connectivity index (χ3n) is 5.09. The number of likely N-dealkylation sites (tertiary alicyclic amines) is 1. The Morgan fingerprint density at radius 2 is 1.54 bits per heavy atom. The smallest absolute Gasteiger partial charge is 0.255 e. The van der Waals surface area contributed by atoms with Crippen molar-refractivity contribution < 1.29 is 4.79 Å². The Hall–Kier alpha value is -2.70. The summed E-state index contributed by atoms with van der Waals surface area (Å²) in [6.07, 6.45) is 10.5. The van der Waals surface area contributed by atoms with Crippen molar-refractivity contribution in [2.24, 2.45) is 0 Å². The van der Waals surface area contributed by atoms with Gasteiger partial charge in [-0.1, -0.05) is 0 Å². The molecule has 0 radical (unpaired) electrons. The van der Waals surface area contributed by atoms with Crippen molar-refractivity contribution in [2.75, 3.05) is 49.1 Å². The first-order chi connectivity index (χ1) is 12.8. The van der Waals surface area contributed by atoms with E-state index in [1.807, 2.05) is 23.2 Å². The Morgan fingerprint density at radius 3 is 2.27 bits per heavy atom. The summed E-state index contributed by atoms with van der Waals surface area (Å²) < 4.78 is 0. The van der Waals surface area contributed by atoms with Gasteiger partial charge in [-0.3, -0.25) is 9.78 Å². The van der Waals surface area contributed by atoms with E-state index in [0.29, 0.717) is 5.56 Å². The van der Waals surface area contributed by atoms with Gasteiger partial charge in [-0.25, -0.2) is 9.97 Å². The standard InChI is InChI=1S/C19H24N6O/c26-18(24-7-2-1-3-8-24)16-13-17(15-20-14-16)23-9-11-25(12-10-23)19-21-5-4-6-22-19/h4-6,13-15H,1-3,7-12H2. The maximum Gasteiger partial charge on any atom is 0.255 e. The summed E-state index contributed by atoms with van der Waals surface area (Å²) in [5.74, 6) is 0.884. The second-order valence-electron chi connectivity index (χ2n) is 6.81. The van der Waals surface area contributed by atoms with Crippen molar-refractivity contribution >= 4 is 17.5 Å². The number of piperidine rings is 1. The highest BCUT2D eigenvalue weighted by atomic mass is 16.2. The van der Waals surface area contributed by atoms with Crippen LogP contribution in [0.15, 0.2) is 36.9 Å². The van der Waals surface area contributed by atoms with Crippen molar-refractivity contribution in [3.63, 3.8) is 0 Å². The molecule has 4 rings (SSSR count). The highest BCUT2D eigenvalue weighted by Crippen LogP contribution is 2.20. The molecule has 7 nitrogen and oxygen atoms in total. The molecule has 2 aromatic heterocycles. The number of pyridine rings is 1. The topological polar surface area (TPSA) is 65.5 Å². The summed E-state index contributed by atoms with van der Waals surface area (Å²) in [6, 6.07) is 3.81. The van der Waals surface area contributed by atoms with Crippen LogP contribution >= 0.6 is 0 Å². The minimum Gasteiger partial charge on any atom is -0.367 e. The molecule has 0 aromatic carbocycles. The molecule has 2 saturated heterocycles. The Kier molecular flexibility index (Phi) is 4.95. The van der Waals surface area contributed by atoms with E-state index < -0.39 is 0 Å². The van der Waals surface area contributed by atoms with E-state index in [4.69, 9.17) is 0 Å². The van der Waals surface area contributed by atoms with Crippen LogP contribution in [0.4, 0.5) is 11.6 Å². The number of aromatic nitrogens is 3. The molecule has 136 valence electrons. The number of nitrogens with zero attached hydrogens (tertiary/aromatic N) is 6. The number of amides is 1. The van der Waals surface area contributed by atoms with E-state index in [-0.39, 0.29) is 5.91 Å². The molecule has 26 heavy (non-hydrogen) atoms.